The van der Waals surface area contributed by atoms with Crippen molar-refractivity contribution in [2.45, 2.75) is 277 Å². The summed E-state index contributed by atoms with van der Waals surface area (Å²) in [6.45, 7) is 4.01. The largest absolute Gasteiger partial charge is 0.462 e. The molecular weight excluding hydrogens is 813 g/mol. The monoisotopic (exact) mass is 919 g/mol. The van der Waals surface area contributed by atoms with Crippen LogP contribution in [0, 0.1) is 0 Å². The van der Waals surface area contributed by atoms with Crippen molar-refractivity contribution in [3.05, 3.63) is 85.1 Å². The van der Waals surface area contributed by atoms with E-state index in [1.54, 1.807) is 0 Å². The third kappa shape index (κ3) is 53.7. The Kier molecular flexibility index (Phi) is 53.9. The maximum Gasteiger partial charge on any atom is 0.306 e. The Labute approximate surface area is 409 Å². The SMILES string of the molecule is CC/C=C\C/C=C\C/C=C\C/C=C\C/C=C\C/C=C\C/C=C\CCCC(=O)OC(CO)COC(=O)CCCCCCCCCCCCCCCCCCCCCCCCCCCCCCC. The lowest BCUT2D eigenvalue weighted by Crippen LogP contribution is -2.28. The molecule has 0 radical (unpaired) electrons. The lowest BCUT2D eigenvalue weighted by molar-refractivity contribution is -0.161. The number of carbonyl (C=O) groups is 2. The first-order valence-corrected chi connectivity index (χ1v) is 28.1. The number of hydrogen-bond acceptors (Lipinski definition) is 5. The Bertz CT molecular complexity index is 1220. The molecule has 0 amide bonds. The van der Waals surface area contributed by atoms with Crippen molar-refractivity contribution in [1.82, 2.24) is 0 Å². The predicted molar refractivity (Wildman–Crippen MR) is 288 cm³/mol. The fraction of sp³-hybridized carbons (Fsp3) is 0.738. The molecule has 0 fully saturated rings. The van der Waals surface area contributed by atoms with Gasteiger partial charge in [0.05, 0.1) is 6.61 Å². The van der Waals surface area contributed by atoms with Gasteiger partial charge in [0, 0.05) is 12.8 Å². The van der Waals surface area contributed by atoms with Crippen LogP contribution < -0.4 is 0 Å². The molecule has 0 saturated heterocycles. The zero-order chi connectivity index (χ0) is 47.7. The molecule has 380 valence electrons. The summed E-state index contributed by atoms with van der Waals surface area (Å²) in [5.41, 5.74) is 0. The molecule has 0 spiro atoms. The van der Waals surface area contributed by atoms with Crippen LogP contribution in [0.3, 0.4) is 0 Å². The van der Waals surface area contributed by atoms with Crippen molar-refractivity contribution in [3.8, 4) is 0 Å². The molecule has 5 nitrogen and oxygen atoms in total. The van der Waals surface area contributed by atoms with Gasteiger partial charge in [0.1, 0.15) is 6.61 Å². The first-order chi connectivity index (χ1) is 32.6. The van der Waals surface area contributed by atoms with Crippen LogP contribution in [-0.2, 0) is 19.1 Å². The van der Waals surface area contributed by atoms with Gasteiger partial charge in [-0.3, -0.25) is 9.59 Å². The molecule has 0 rings (SSSR count). The van der Waals surface area contributed by atoms with E-state index in [4.69, 9.17) is 9.47 Å². The van der Waals surface area contributed by atoms with E-state index in [2.05, 4.69) is 98.9 Å². The summed E-state index contributed by atoms with van der Waals surface area (Å²) in [5.74, 6) is -0.655. The highest BCUT2D eigenvalue weighted by molar-refractivity contribution is 5.70. The first kappa shape index (κ1) is 63.1. The second-order valence-electron chi connectivity index (χ2n) is 18.6. The standard InChI is InChI=1S/C61H106O5/c1-3-5-7-9-11-13-15-17-19-21-23-25-27-28-29-30-31-32-34-35-37-39-41-43-45-47-49-51-53-55-60(63)65-58-59(57-62)66-61(64)56-54-52-50-48-46-44-42-40-38-36-33-26-24-22-20-18-16-14-12-10-8-6-4-2/h6,8,12,14,18,20,24,26,36,38,42,44,48,50,59,62H,3-5,7,9-11,13,15-17,19,21-23,25,27-35,37,39-41,43,45-47,49,51-58H2,1-2H3/b8-6-,14-12-,20-18-,26-24-,38-36-,44-42-,50-48-. The average molecular weight is 920 g/mol. The predicted octanol–water partition coefficient (Wildman–Crippen LogP) is 19.0. The Morgan fingerprint density at radius 3 is 0.970 bits per heavy atom. The number of hydrogen-bond donors (Lipinski definition) is 1. The second-order valence-corrected chi connectivity index (χ2v) is 18.6. The fourth-order valence-corrected chi connectivity index (χ4v) is 8.02. The molecule has 0 bridgehead atoms. The summed E-state index contributed by atoms with van der Waals surface area (Å²) in [7, 11) is 0. The highest BCUT2D eigenvalue weighted by Gasteiger charge is 2.16. The molecule has 0 aromatic heterocycles. The van der Waals surface area contributed by atoms with Crippen molar-refractivity contribution < 1.29 is 24.2 Å². The van der Waals surface area contributed by atoms with Gasteiger partial charge in [-0.1, -0.05) is 279 Å². The van der Waals surface area contributed by atoms with E-state index in [0.717, 1.165) is 70.6 Å². The van der Waals surface area contributed by atoms with Gasteiger partial charge in [-0.15, -0.1) is 0 Å². The van der Waals surface area contributed by atoms with Gasteiger partial charge in [0.15, 0.2) is 6.10 Å². The molecule has 0 aliphatic rings. The maximum atomic E-state index is 12.3. The molecule has 0 aromatic rings. The fourth-order valence-electron chi connectivity index (χ4n) is 8.02. The summed E-state index contributed by atoms with van der Waals surface area (Å²) in [4.78, 5) is 24.5. The number of ether oxygens (including phenoxy) is 2. The first-order valence-electron chi connectivity index (χ1n) is 28.1. The third-order valence-electron chi connectivity index (χ3n) is 12.2. The van der Waals surface area contributed by atoms with Gasteiger partial charge < -0.3 is 14.6 Å². The number of aliphatic hydroxyl groups is 1. The van der Waals surface area contributed by atoms with Gasteiger partial charge in [-0.2, -0.15) is 0 Å². The molecule has 1 atom stereocenters. The van der Waals surface area contributed by atoms with Gasteiger partial charge in [-0.25, -0.2) is 0 Å². The lowest BCUT2D eigenvalue weighted by Gasteiger charge is -2.15. The van der Waals surface area contributed by atoms with Crippen LogP contribution in [-0.4, -0.2) is 36.4 Å². The lowest BCUT2D eigenvalue weighted by atomic mass is 10.0. The van der Waals surface area contributed by atoms with E-state index in [-0.39, 0.29) is 31.6 Å². The quantitative estimate of drug-likeness (QED) is 0.0374. The van der Waals surface area contributed by atoms with Crippen molar-refractivity contribution in [2.75, 3.05) is 13.2 Å². The number of unbranched alkanes of at least 4 members (excludes halogenated alkanes) is 29. The highest BCUT2D eigenvalue weighted by Crippen LogP contribution is 2.17. The molecule has 0 aliphatic heterocycles. The normalized spacial score (nSPS) is 12.8. The van der Waals surface area contributed by atoms with E-state index >= 15 is 0 Å². The van der Waals surface area contributed by atoms with E-state index < -0.39 is 6.10 Å². The van der Waals surface area contributed by atoms with E-state index in [9.17, 15) is 14.7 Å². The van der Waals surface area contributed by atoms with Crippen LogP contribution in [0.2, 0.25) is 0 Å². The minimum Gasteiger partial charge on any atom is -0.462 e. The van der Waals surface area contributed by atoms with Crippen LogP contribution >= 0.6 is 0 Å². The molecule has 1 N–H and O–H groups in total. The van der Waals surface area contributed by atoms with Crippen LogP contribution in [0.1, 0.15) is 271 Å². The van der Waals surface area contributed by atoms with Crippen molar-refractivity contribution in [2.24, 2.45) is 0 Å². The molecule has 0 saturated carbocycles. The number of rotatable bonds is 51. The minimum absolute atomic E-state index is 0.0908. The molecule has 0 heterocycles. The maximum absolute atomic E-state index is 12.3. The topological polar surface area (TPSA) is 72.8 Å². The molecule has 5 heteroatoms. The third-order valence-corrected chi connectivity index (χ3v) is 12.2. The number of esters is 2. The van der Waals surface area contributed by atoms with Crippen molar-refractivity contribution in [1.29, 1.82) is 0 Å². The van der Waals surface area contributed by atoms with Crippen molar-refractivity contribution >= 4 is 11.9 Å². The molecule has 0 aliphatic carbocycles. The Balaban J connectivity index is 3.54. The summed E-state index contributed by atoms with van der Waals surface area (Å²) < 4.78 is 10.7. The van der Waals surface area contributed by atoms with Gasteiger partial charge in [0.25, 0.3) is 0 Å². The smallest absolute Gasteiger partial charge is 0.306 e. The highest BCUT2D eigenvalue weighted by atomic mass is 16.6. The number of aliphatic hydroxyl groups excluding tert-OH is 1. The molecular formula is C61H106O5. The summed E-state index contributed by atoms with van der Waals surface area (Å²) in [5, 5.41) is 9.64. The van der Waals surface area contributed by atoms with Gasteiger partial charge in [0.2, 0.25) is 0 Å². The van der Waals surface area contributed by atoms with Gasteiger partial charge in [-0.05, 0) is 64.2 Å². The summed E-state index contributed by atoms with van der Waals surface area (Å²) in [6, 6.07) is 0. The van der Waals surface area contributed by atoms with E-state index in [0.29, 0.717) is 12.8 Å². The van der Waals surface area contributed by atoms with Crippen LogP contribution in [0.25, 0.3) is 0 Å². The molecule has 1 unspecified atom stereocenters. The Morgan fingerprint density at radius 1 is 0.364 bits per heavy atom. The van der Waals surface area contributed by atoms with Crippen LogP contribution in [0.5, 0.6) is 0 Å². The van der Waals surface area contributed by atoms with E-state index in [1.807, 2.05) is 0 Å². The molecule has 66 heavy (non-hydrogen) atoms. The number of allylic oxidation sites excluding steroid dienone is 14. The second kappa shape index (κ2) is 56.4. The van der Waals surface area contributed by atoms with Crippen LogP contribution in [0.15, 0.2) is 85.1 Å². The van der Waals surface area contributed by atoms with Crippen LogP contribution in [0.4, 0.5) is 0 Å². The van der Waals surface area contributed by atoms with E-state index in [1.165, 1.54) is 167 Å². The summed E-state index contributed by atoms with van der Waals surface area (Å²) >= 11 is 0. The Hall–Kier alpha value is -2.92. The summed E-state index contributed by atoms with van der Waals surface area (Å²) in [6.07, 6.45) is 78.5. The van der Waals surface area contributed by atoms with Gasteiger partial charge >= 0.3 is 11.9 Å². The van der Waals surface area contributed by atoms with Crippen molar-refractivity contribution in [3.63, 3.8) is 0 Å². The zero-order valence-corrected chi connectivity index (χ0v) is 43.4. The molecule has 0 aromatic carbocycles. The Morgan fingerprint density at radius 2 is 0.652 bits per heavy atom. The minimum atomic E-state index is -0.807. The zero-order valence-electron chi connectivity index (χ0n) is 43.4. The average Bonchev–Trinajstić information content (AvgIpc) is 3.32. The number of carbonyl (C=O) groups excluding carboxylic acids is 2.